The second kappa shape index (κ2) is 8.62. The third-order valence-corrected chi connectivity index (χ3v) is 5.19. The highest BCUT2D eigenvalue weighted by atomic mass is 16.5. The summed E-state index contributed by atoms with van der Waals surface area (Å²) in [6.07, 6.45) is -2.85. The minimum Gasteiger partial charge on any atom is -0.489 e. The third kappa shape index (κ3) is 4.92. The normalized spacial score (nSPS) is 25.5. The Bertz CT molecular complexity index is 748. The molecule has 1 aliphatic rings. The largest absolute Gasteiger partial charge is 0.489 e. The van der Waals surface area contributed by atoms with E-state index >= 15 is 0 Å². The average molecular weight is 386 g/mol. The van der Waals surface area contributed by atoms with E-state index in [0.29, 0.717) is 12.4 Å². The van der Waals surface area contributed by atoms with Crippen molar-refractivity contribution >= 4 is 0 Å². The molecule has 1 aliphatic heterocycles. The molecule has 0 bridgehead atoms. The first-order valence-corrected chi connectivity index (χ1v) is 9.72. The molecule has 0 saturated carbocycles. The zero-order chi connectivity index (χ0) is 20.3. The first-order valence-electron chi connectivity index (χ1n) is 9.72. The zero-order valence-corrected chi connectivity index (χ0v) is 16.7. The summed E-state index contributed by atoms with van der Waals surface area (Å²) in [5, 5.41) is 29.5. The molecule has 0 radical (unpaired) electrons. The number of benzene rings is 2. The highest BCUT2D eigenvalue weighted by Gasteiger charge is 2.37. The van der Waals surface area contributed by atoms with Gasteiger partial charge in [-0.25, -0.2) is 0 Å². The third-order valence-electron chi connectivity index (χ3n) is 5.19. The molecule has 1 saturated heterocycles. The molecule has 0 amide bonds. The lowest BCUT2D eigenvalue weighted by atomic mass is 9.87. The van der Waals surface area contributed by atoms with Crippen LogP contribution in [0.15, 0.2) is 48.5 Å². The summed E-state index contributed by atoms with van der Waals surface area (Å²) in [5.74, 6) is 0.716. The maximum absolute atomic E-state index is 10.2. The Balaban J connectivity index is 1.61. The van der Waals surface area contributed by atoms with E-state index in [1.54, 1.807) is 0 Å². The first kappa shape index (κ1) is 20.8. The number of aliphatic hydroxyl groups excluding tert-OH is 3. The van der Waals surface area contributed by atoms with Crippen LogP contribution in [-0.2, 0) is 16.8 Å². The van der Waals surface area contributed by atoms with Crippen LogP contribution < -0.4 is 4.74 Å². The van der Waals surface area contributed by atoms with Crippen LogP contribution in [0, 0.1) is 0 Å². The predicted molar refractivity (Wildman–Crippen MR) is 107 cm³/mol. The molecule has 5 heteroatoms. The van der Waals surface area contributed by atoms with Crippen LogP contribution in [0.2, 0.25) is 0 Å². The van der Waals surface area contributed by atoms with E-state index in [9.17, 15) is 15.3 Å². The zero-order valence-electron chi connectivity index (χ0n) is 16.7. The van der Waals surface area contributed by atoms with Gasteiger partial charge in [0.15, 0.2) is 0 Å². The summed E-state index contributed by atoms with van der Waals surface area (Å²) in [6.45, 7) is 6.85. The second-order valence-corrected chi connectivity index (χ2v) is 8.46. The van der Waals surface area contributed by atoms with Gasteiger partial charge in [0.1, 0.15) is 24.6 Å². The fourth-order valence-electron chi connectivity index (χ4n) is 3.37. The molecule has 1 heterocycles. The van der Waals surface area contributed by atoms with E-state index in [2.05, 4.69) is 45.0 Å². The van der Waals surface area contributed by atoms with Crippen LogP contribution in [0.3, 0.4) is 0 Å². The summed E-state index contributed by atoms with van der Waals surface area (Å²) in [7, 11) is 0. The van der Waals surface area contributed by atoms with E-state index in [-0.39, 0.29) is 18.4 Å². The van der Waals surface area contributed by atoms with Crippen molar-refractivity contribution in [1.29, 1.82) is 0 Å². The summed E-state index contributed by atoms with van der Waals surface area (Å²) >= 11 is 0. The van der Waals surface area contributed by atoms with Gasteiger partial charge in [-0.3, -0.25) is 0 Å². The molecule has 4 unspecified atom stereocenters. The van der Waals surface area contributed by atoms with E-state index in [1.165, 1.54) is 5.56 Å². The Hall–Kier alpha value is -1.92. The van der Waals surface area contributed by atoms with Crippen LogP contribution in [0.25, 0.3) is 0 Å². The predicted octanol–water partition coefficient (Wildman–Crippen LogP) is 3.11. The minimum atomic E-state index is -1.02. The Morgan fingerprint density at radius 2 is 1.64 bits per heavy atom. The molecule has 2 aromatic carbocycles. The van der Waals surface area contributed by atoms with Crippen LogP contribution >= 0.6 is 0 Å². The molecule has 0 spiro atoms. The Kier molecular flexibility index (Phi) is 6.40. The Labute approximate surface area is 166 Å². The SMILES string of the molecule is CC(C)(C)c1ccc(COc2ccc(C3OC(CO)CC(O)C3O)cc2)cc1. The van der Waals surface area contributed by atoms with Crippen molar-refractivity contribution in [3.63, 3.8) is 0 Å². The Morgan fingerprint density at radius 3 is 2.21 bits per heavy atom. The molecule has 3 rings (SSSR count). The van der Waals surface area contributed by atoms with Crippen molar-refractivity contribution in [2.45, 2.75) is 63.6 Å². The molecule has 0 aromatic heterocycles. The molecule has 5 nitrogen and oxygen atoms in total. The standard InChI is InChI=1S/C23H30O5/c1-23(2,3)17-8-4-15(5-9-17)14-27-18-10-6-16(7-11-18)22-21(26)20(25)12-19(13-24)28-22/h4-11,19-22,24-26H,12-14H2,1-3H3. The van der Waals surface area contributed by atoms with Crippen molar-refractivity contribution in [3.8, 4) is 5.75 Å². The van der Waals surface area contributed by atoms with E-state index in [0.717, 1.165) is 11.1 Å². The fourth-order valence-corrected chi connectivity index (χ4v) is 3.37. The van der Waals surface area contributed by atoms with Gasteiger partial charge in [-0.05, 0) is 34.2 Å². The van der Waals surface area contributed by atoms with Gasteiger partial charge in [0, 0.05) is 6.42 Å². The first-order chi connectivity index (χ1) is 13.3. The van der Waals surface area contributed by atoms with Crippen molar-refractivity contribution in [2.75, 3.05) is 6.61 Å². The molecular weight excluding hydrogens is 356 g/mol. The van der Waals surface area contributed by atoms with Crippen LogP contribution in [0.4, 0.5) is 0 Å². The smallest absolute Gasteiger partial charge is 0.119 e. The minimum absolute atomic E-state index is 0.129. The maximum atomic E-state index is 10.2. The van der Waals surface area contributed by atoms with E-state index in [4.69, 9.17) is 9.47 Å². The molecule has 2 aromatic rings. The van der Waals surface area contributed by atoms with Crippen molar-refractivity contribution in [1.82, 2.24) is 0 Å². The number of rotatable bonds is 5. The van der Waals surface area contributed by atoms with Gasteiger partial charge in [0.25, 0.3) is 0 Å². The highest BCUT2D eigenvalue weighted by Crippen LogP contribution is 2.32. The van der Waals surface area contributed by atoms with Crippen molar-refractivity contribution in [2.24, 2.45) is 0 Å². The lowest BCUT2D eigenvalue weighted by molar-refractivity contribution is -0.179. The molecule has 4 atom stereocenters. The van der Waals surface area contributed by atoms with Gasteiger partial charge in [-0.1, -0.05) is 57.2 Å². The maximum Gasteiger partial charge on any atom is 0.119 e. The lowest BCUT2D eigenvalue weighted by Crippen LogP contribution is -2.44. The highest BCUT2D eigenvalue weighted by molar-refractivity contribution is 5.31. The molecular formula is C23H30O5. The van der Waals surface area contributed by atoms with Gasteiger partial charge in [0.05, 0.1) is 18.8 Å². The molecule has 0 aliphatic carbocycles. The van der Waals surface area contributed by atoms with E-state index < -0.39 is 24.4 Å². The van der Waals surface area contributed by atoms with Crippen molar-refractivity contribution in [3.05, 3.63) is 65.2 Å². The van der Waals surface area contributed by atoms with Crippen LogP contribution in [-0.4, -0.2) is 40.2 Å². The molecule has 152 valence electrons. The van der Waals surface area contributed by atoms with Crippen molar-refractivity contribution < 1.29 is 24.8 Å². The monoisotopic (exact) mass is 386 g/mol. The quantitative estimate of drug-likeness (QED) is 0.736. The van der Waals surface area contributed by atoms with Gasteiger partial charge in [-0.2, -0.15) is 0 Å². The number of hydrogen-bond acceptors (Lipinski definition) is 5. The summed E-state index contributed by atoms with van der Waals surface area (Å²) < 4.78 is 11.6. The fraction of sp³-hybridized carbons (Fsp3) is 0.478. The number of aliphatic hydroxyl groups is 3. The van der Waals surface area contributed by atoms with Crippen LogP contribution in [0.5, 0.6) is 5.75 Å². The van der Waals surface area contributed by atoms with Gasteiger partial charge in [0.2, 0.25) is 0 Å². The molecule has 1 fully saturated rings. The second-order valence-electron chi connectivity index (χ2n) is 8.46. The average Bonchev–Trinajstić information content (AvgIpc) is 2.68. The Morgan fingerprint density at radius 1 is 1.00 bits per heavy atom. The van der Waals surface area contributed by atoms with Gasteiger partial charge in [-0.15, -0.1) is 0 Å². The number of hydrogen-bond donors (Lipinski definition) is 3. The lowest BCUT2D eigenvalue weighted by Gasteiger charge is -2.36. The summed E-state index contributed by atoms with van der Waals surface area (Å²) in [5.41, 5.74) is 3.25. The summed E-state index contributed by atoms with van der Waals surface area (Å²) in [4.78, 5) is 0. The van der Waals surface area contributed by atoms with Gasteiger partial charge < -0.3 is 24.8 Å². The van der Waals surface area contributed by atoms with Gasteiger partial charge >= 0.3 is 0 Å². The summed E-state index contributed by atoms with van der Waals surface area (Å²) in [6, 6.07) is 15.7. The van der Waals surface area contributed by atoms with E-state index in [1.807, 2.05) is 24.3 Å². The van der Waals surface area contributed by atoms with Crippen LogP contribution in [0.1, 0.15) is 50.0 Å². The molecule has 3 N–H and O–H groups in total. The number of ether oxygens (including phenoxy) is 2. The molecule has 28 heavy (non-hydrogen) atoms. The topological polar surface area (TPSA) is 79.2 Å².